The topological polar surface area (TPSA) is 57.6 Å². The summed E-state index contributed by atoms with van der Waals surface area (Å²) < 4.78 is 43.1. The van der Waals surface area contributed by atoms with E-state index >= 15 is 0 Å². The average molecular weight is 601 g/mol. The maximum absolute atomic E-state index is 14.0. The molecule has 2 aliphatic rings. The third-order valence-corrected chi connectivity index (χ3v) is 8.64. The molecule has 0 spiro atoms. The van der Waals surface area contributed by atoms with E-state index < -0.39 is 11.7 Å². The highest BCUT2D eigenvalue weighted by atomic mass is 19.4. The van der Waals surface area contributed by atoms with E-state index in [1.165, 1.54) is 31.4 Å². The molecular formula is C35H35F3N4O2. The number of carbonyl (C=O) groups is 2. The number of para-hydroxylation sites is 1. The van der Waals surface area contributed by atoms with E-state index in [0.717, 1.165) is 42.6 Å². The van der Waals surface area contributed by atoms with Crippen LogP contribution in [0.3, 0.4) is 0 Å². The molecule has 1 fully saturated rings. The predicted molar refractivity (Wildman–Crippen MR) is 165 cm³/mol. The first-order valence-electron chi connectivity index (χ1n) is 15.1. The third-order valence-electron chi connectivity index (χ3n) is 8.64. The van der Waals surface area contributed by atoms with Crippen molar-refractivity contribution in [3.8, 4) is 11.1 Å². The number of rotatable bonds is 6. The lowest BCUT2D eigenvalue weighted by atomic mass is 9.94. The summed E-state index contributed by atoms with van der Waals surface area (Å²) in [6.07, 6.45) is -0.832. The highest BCUT2D eigenvalue weighted by molar-refractivity contribution is 6.07. The molecule has 0 saturated carbocycles. The van der Waals surface area contributed by atoms with Crippen LogP contribution in [0.15, 0.2) is 78.9 Å². The fraction of sp³-hybridized carbons (Fsp3) is 0.314. The Hall–Kier alpha value is -4.37. The van der Waals surface area contributed by atoms with Crippen LogP contribution in [0.4, 0.5) is 18.9 Å². The number of carbonyl (C=O) groups excluding carboxylic acids is 2. The van der Waals surface area contributed by atoms with Gasteiger partial charge in [-0.3, -0.25) is 9.59 Å². The minimum Gasteiger partial charge on any atom is -0.349 e. The first-order valence-corrected chi connectivity index (χ1v) is 15.1. The monoisotopic (exact) mass is 600 g/mol. The minimum absolute atomic E-state index is 0.0798. The molecule has 0 unspecified atom stereocenters. The lowest BCUT2D eigenvalue weighted by Crippen LogP contribution is -2.38. The number of nitrogens with one attached hydrogen (secondary N) is 1. The SMILES string of the molecule is Cc1cc(C(=O)N2Cc3ccc(C(=O)NCCN4CCCCC4)n3Cc3ccccc32)ccc1-c1ccccc1C(F)(F)F. The predicted octanol–water partition coefficient (Wildman–Crippen LogP) is 6.91. The Kier molecular flexibility index (Phi) is 8.31. The van der Waals surface area contributed by atoms with Crippen molar-refractivity contribution in [1.82, 2.24) is 14.8 Å². The van der Waals surface area contributed by atoms with Crippen molar-refractivity contribution in [3.63, 3.8) is 0 Å². The molecule has 2 amide bonds. The molecule has 1 aromatic heterocycles. The number of fused-ring (bicyclic) bond motifs is 2. The normalized spacial score (nSPS) is 15.3. The fourth-order valence-corrected chi connectivity index (χ4v) is 6.36. The summed E-state index contributed by atoms with van der Waals surface area (Å²) in [7, 11) is 0. The smallest absolute Gasteiger partial charge is 0.349 e. The van der Waals surface area contributed by atoms with Crippen LogP contribution >= 0.6 is 0 Å². The van der Waals surface area contributed by atoms with Crippen molar-refractivity contribution in [2.45, 2.75) is 45.5 Å². The number of alkyl halides is 3. The van der Waals surface area contributed by atoms with Crippen LogP contribution in [-0.4, -0.2) is 47.5 Å². The van der Waals surface area contributed by atoms with Gasteiger partial charge in [-0.15, -0.1) is 0 Å². The average Bonchev–Trinajstić information content (AvgIpc) is 3.34. The number of nitrogens with zero attached hydrogens (tertiary/aromatic N) is 3. The van der Waals surface area contributed by atoms with E-state index in [1.54, 1.807) is 42.2 Å². The van der Waals surface area contributed by atoms with Gasteiger partial charge in [0.2, 0.25) is 0 Å². The van der Waals surface area contributed by atoms with Crippen LogP contribution in [0.25, 0.3) is 11.1 Å². The molecular weight excluding hydrogens is 565 g/mol. The standard InChI is InChI=1S/C35H35F3N4O2/c1-24-21-25(13-15-28(24)29-10-4-5-11-30(29)35(36,37)38)34(44)42-23-27-14-16-32(41(27)22-26-9-3-6-12-31(26)42)33(43)39-17-20-40-18-7-2-8-19-40/h3-6,9-16,21H,2,7-8,17-20,22-23H2,1H3,(H,39,43). The summed E-state index contributed by atoms with van der Waals surface area (Å²) >= 11 is 0. The van der Waals surface area contributed by atoms with Crippen molar-refractivity contribution in [2.24, 2.45) is 0 Å². The first kappa shape index (κ1) is 29.7. The molecule has 3 aromatic carbocycles. The number of amides is 2. The van der Waals surface area contributed by atoms with Gasteiger partial charge in [0.1, 0.15) is 5.69 Å². The number of hydrogen-bond acceptors (Lipinski definition) is 3. The van der Waals surface area contributed by atoms with Crippen LogP contribution < -0.4 is 10.2 Å². The Morgan fingerprint density at radius 2 is 1.59 bits per heavy atom. The molecule has 9 heteroatoms. The van der Waals surface area contributed by atoms with E-state index in [2.05, 4.69) is 10.2 Å². The van der Waals surface area contributed by atoms with Gasteiger partial charge in [-0.05, 0) is 91.5 Å². The highest BCUT2D eigenvalue weighted by Gasteiger charge is 2.34. The largest absolute Gasteiger partial charge is 0.417 e. The number of halogens is 3. The van der Waals surface area contributed by atoms with Crippen LogP contribution in [0.1, 0.15) is 62.5 Å². The number of piperidine rings is 1. The second-order valence-corrected chi connectivity index (χ2v) is 11.5. The second-order valence-electron chi connectivity index (χ2n) is 11.5. The van der Waals surface area contributed by atoms with Crippen molar-refractivity contribution < 1.29 is 22.8 Å². The Bertz CT molecular complexity index is 1690. The van der Waals surface area contributed by atoms with Gasteiger partial charge in [0, 0.05) is 30.0 Å². The summed E-state index contributed by atoms with van der Waals surface area (Å²) in [5.41, 5.74) is 3.74. The van der Waals surface area contributed by atoms with Crippen LogP contribution in [-0.2, 0) is 19.3 Å². The molecule has 6 rings (SSSR count). The summed E-state index contributed by atoms with van der Waals surface area (Å²) in [4.78, 5) is 31.4. The van der Waals surface area contributed by atoms with E-state index in [4.69, 9.17) is 0 Å². The Morgan fingerprint density at radius 3 is 2.36 bits per heavy atom. The quantitative estimate of drug-likeness (QED) is 0.262. The van der Waals surface area contributed by atoms with Crippen LogP contribution in [0.2, 0.25) is 0 Å². The molecule has 1 N–H and O–H groups in total. The zero-order chi connectivity index (χ0) is 30.8. The highest BCUT2D eigenvalue weighted by Crippen LogP contribution is 2.38. The summed E-state index contributed by atoms with van der Waals surface area (Å²) in [6.45, 7) is 5.93. The van der Waals surface area contributed by atoms with Gasteiger partial charge in [-0.25, -0.2) is 0 Å². The molecule has 0 aliphatic carbocycles. The number of likely N-dealkylation sites (tertiary alicyclic amines) is 1. The van der Waals surface area contributed by atoms with Crippen molar-refractivity contribution in [1.29, 1.82) is 0 Å². The zero-order valence-electron chi connectivity index (χ0n) is 24.7. The van der Waals surface area contributed by atoms with Gasteiger partial charge in [0.05, 0.1) is 18.7 Å². The van der Waals surface area contributed by atoms with Crippen LogP contribution in [0, 0.1) is 6.92 Å². The van der Waals surface area contributed by atoms with Gasteiger partial charge in [0.25, 0.3) is 11.8 Å². The molecule has 0 bridgehead atoms. The third kappa shape index (κ3) is 6.01. The van der Waals surface area contributed by atoms with E-state index in [1.807, 2.05) is 34.9 Å². The number of anilines is 1. The summed E-state index contributed by atoms with van der Waals surface area (Å²) in [5, 5.41) is 3.07. The van der Waals surface area contributed by atoms with Gasteiger partial charge >= 0.3 is 6.18 Å². The fourth-order valence-electron chi connectivity index (χ4n) is 6.36. The number of hydrogen-bond donors (Lipinski definition) is 1. The molecule has 3 heterocycles. The van der Waals surface area contributed by atoms with Gasteiger partial charge in [-0.1, -0.05) is 48.9 Å². The Morgan fingerprint density at radius 1 is 0.841 bits per heavy atom. The van der Waals surface area contributed by atoms with Crippen LogP contribution in [0.5, 0.6) is 0 Å². The Balaban J connectivity index is 1.26. The lowest BCUT2D eigenvalue weighted by Gasteiger charge is -2.26. The molecule has 1 saturated heterocycles. The van der Waals surface area contributed by atoms with Gasteiger partial charge in [0.15, 0.2) is 0 Å². The first-order chi connectivity index (χ1) is 21.2. The molecule has 2 aliphatic heterocycles. The summed E-state index contributed by atoms with van der Waals surface area (Å²) in [6, 6.07) is 21.6. The van der Waals surface area contributed by atoms with Crippen molar-refractivity contribution >= 4 is 17.5 Å². The molecule has 228 valence electrons. The van der Waals surface area contributed by atoms with E-state index in [9.17, 15) is 22.8 Å². The molecule has 4 aromatic rings. The number of aryl methyl sites for hydroxylation is 1. The molecule has 0 radical (unpaired) electrons. The minimum atomic E-state index is -4.49. The van der Waals surface area contributed by atoms with Gasteiger partial charge < -0.3 is 19.7 Å². The maximum atomic E-state index is 14.0. The summed E-state index contributed by atoms with van der Waals surface area (Å²) in [5.74, 6) is -0.408. The lowest BCUT2D eigenvalue weighted by molar-refractivity contribution is -0.137. The zero-order valence-corrected chi connectivity index (χ0v) is 24.7. The number of aromatic nitrogens is 1. The Labute approximate surface area is 255 Å². The van der Waals surface area contributed by atoms with E-state index in [0.29, 0.717) is 35.5 Å². The second kappa shape index (κ2) is 12.3. The van der Waals surface area contributed by atoms with Crippen molar-refractivity contribution in [3.05, 3.63) is 113 Å². The molecule has 44 heavy (non-hydrogen) atoms. The van der Waals surface area contributed by atoms with E-state index in [-0.39, 0.29) is 23.9 Å². The van der Waals surface area contributed by atoms with Gasteiger partial charge in [-0.2, -0.15) is 13.2 Å². The number of benzene rings is 3. The molecule has 0 atom stereocenters. The maximum Gasteiger partial charge on any atom is 0.417 e. The van der Waals surface area contributed by atoms with Crippen molar-refractivity contribution in [2.75, 3.05) is 31.1 Å². The molecule has 6 nitrogen and oxygen atoms in total.